The van der Waals surface area contributed by atoms with Crippen LogP contribution >= 0.6 is 11.6 Å². The predicted molar refractivity (Wildman–Crippen MR) is 86.5 cm³/mol. The standard InChI is InChI=1S/C13H17ClN2O5S2/c14-10-2-1-3-12(8-10)23(20,21)15-6-4-13(17)16-11-5-7-22(18,19)9-11/h1-3,8,11,15H,4-7,9H2,(H,16,17). The van der Waals surface area contributed by atoms with Crippen molar-refractivity contribution in [3.05, 3.63) is 29.3 Å². The third-order valence-corrected chi connectivity index (χ3v) is 6.81. The van der Waals surface area contributed by atoms with Crippen molar-refractivity contribution in [1.29, 1.82) is 0 Å². The molecule has 0 bridgehead atoms. The summed E-state index contributed by atoms with van der Waals surface area (Å²) in [6.45, 7) is -0.0832. The first-order valence-corrected chi connectivity index (χ1v) is 10.6. The smallest absolute Gasteiger partial charge is 0.240 e. The van der Waals surface area contributed by atoms with E-state index in [4.69, 9.17) is 11.6 Å². The number of halogens is 1. The second-order valence-corrected chi connectivity index (χ2v) is 9.70. The Morgan fingerprint density at radius 3 is 2.70 bits per heavy atom. The SMILES string of the molecule is O=C(CCNS(=O)(=O)c1cccc(Cl)c1)NC1CCS(=O)(=O)C1. The first-order chi connectivity index (χ1) is 10.7. The van der Waals surface area contributed by atoms with Gasteiger partial charge in [-0.3, -0.25) is 4.79 Å². The van der Waals surface area contributed by atoms with Gasteiger partial charge < -0.3 is 5.32 Å². The summed E-state index contributed by atoms with van der Waals surface area (Å²) in [7, 11) is -6.80. The van der Waals surface area contributed by atoms with Gasteiger partial charge in [0, 0.05) is 24.0 Å². The number of amides is 1. The van der Waals surface area contributed by atoms with Gasteiger partial charge in [-0.05, 0) is 24.6 Å². The van der Waals surface area contributed by atoms with Crippen LogP contribution < -0.4 is 10.0 Å². The van der Waals surface area contributed by atoms with Crippen LogP contribution in [0.3, 0.4) is 0 Å². The summed E-state index contributed by atoms with van der Waals surface area (Å²) in [5.74, 6) is -0.382. The van der Waals surface area contributed by atoms with Gasteiger partial charge in [0.1, 0.15) is 0 Å². The number of benzene rings is 1. The van der Waals surface area contributed by atoms with Gasteiger partial charge in [0.25, 0.3) is 0 Å². The molecule has 0 aliphatic carbocycles. The van der Waals surface area contributed by atoms with Gasteiger partial charge >= 0.3 is 0 Å². The normalized spacial score (nSPS) is 20.3. The maximum Gasteiger partial charge on any atom is 0.240 e. The van der Waals surface area contributed by atoms with Gasteiger partial charge in [-0.1, -0.05) is 17.7 Å². The zero-order valence-electron chi connectivity index (χ0n) is 12.2. The molecule has 1 amide bonds. The Balaban J connectivity index is 1.81. The highest BCUT2D eigenvalue weighted by Gasteiger charge is 2.28. The maximum absolute atomic E-state index is 12.0. The van der Waals surface area contributed by atoms with E-state index < -0.39 is 25.9 Å². The van der Waals surface area contributed by atoms with E-state index in [2.05, 4.69) is 10.0 Å². The molecule has 0 radical (unpaired) electrons. The van der Waals surface area contributed by atoms with Crippen molar-refractivity contribution in [2.75, 3.05) is 18.1 Å². The van der Waals surface area contributed by atoms with E-state index in [1.54, 1.807) is 6.07 Å². The van der Waals surface area contributed by atoms with Gasteiger partial charge in [-0.25, -0.2) is 21.6 Å². The van der Waals surface area contributed by atoms with Crippen LogP contribution in [0.1, 0.15) is 12.8 Å². The lowest BCUT2D eigenvalue weighted by atomic mass is 10.2. The number of rotatable bonds is 6. The zero-order valence-corrected chi connectivity index (χ0v) is 14.5. The molecular formula is C13H17ClN2O5S2. The van der Waals surface area contributed by atoms with Crippen LogP contribution in [-0.2, 0) is 24.7 Å². The summed E-state index contributed by atoms with van der Waals surface area (Å²) >= 11 is 5.75. The average molecular weight is 381 g/mol. The topological polar surface area (TPSA) is 109 Å². The van der Waals surface area contributed by atoms with E-state index >= 15 is 0 Å². The first-order valence-electron chi connectivity index (χ1n) is 6.93. The Bertz CT molecular complexity index is 792. The van der Waals surface area contributed by atoms with Crippen LogP contribution in [0.15, 0.2) is 29.2 Å². The minimum atomic E-state index is -3.73. The van der Waals surface area contributed by atoms with Crippen LogP contribution in [-0.4, -0.2) is 46.8 Å². The zero-order chi connectivity index (χ0) is 17.1. The number of sulfone groups is 1. The predicted octanol–water partition coefficient (Wildman–Crippen LogP) is 0.312. The Morgan fingerprint density at radius 2 is 2.09 bits per heavy atom. The third-order valence-electron chi connectivity index (χ3n) is 3.35. The second kappa shape index (κ2) is 7.16. The molecule has 1 saturated heterocycles. The number of hydrogen-bond acceptors (Lipinski definition) is 5. The average Bonchev–Trinajstić information content (AvgIpc) is 2.77. The monoisotopic (exact) mass is 380 g/mol. The highest BCUT2D eigenvalue weighted by atomic mass is 35.5. The molecule has 1 heterocycles. The second-order valence-electron chi connectivity index (χ2n) is 5.27. The Labute approximate surface area is 140 Å². The summed E-state index contributed by atoms with van der Waals surface area (Å²) in [6, 6.07) is 5.40. The lowest BCUT2D eigenvalue weighted by Gasteiger charge is -2.11. The van der Waals surface area contributed by atoms with E-state index in [-0.39, 0.29) is 35.3 Å². The first kappa shape index (κ1) is 18.2. The van der Waals surface area contributed by atoms with Gasteiger partial charge in [0.2, 0.25) is 15.9 Å². The quantitative estimate of drug-likeness (QED) is 0.738. The lowest BCUT2D eigenvalue weighted by molar-refractivity contribution is -0.121. The molecule has 1 aromatic rings. The van der Waals surface area contributed by atoms with Crippen molar-refractivity contribution in [3.8, 4) is 0 Å². The molecular weight excluding hydrogens is 364 g/mol. The molecule has 1 aromatic carbocycles. The molecule has 1 fully saturated rings. The number of nitrogens with one attached hydrogen (secondary N) is 2. The molecule has 2 N–H and O–H groups in total. The summed E-state index contributed by atoms with van der Waals surface area (Å²) < 4.78 is 48.9. The summed E-state index contributed by atoms with van der Waals surface area (Å²) in [5.41, 5.74) is 0. The summed E-state index contributed by atoms with van der Waals surface area (Å²) in [4.78, 5) is 11.7. The molecule has 2 rings (SSSR count). The fraction of sp³-hybridized carbons (Fsp3) is 0.462. The molecule has 23 heavy (non-hydrogen) atoms. The van der Waals surface area contributed by atoms with Crippen molar-refractivity contribution < 1.29 is 21.6 Å². The number of carbonyl (C=O) groups is 1. The fourth-order valence-corrected chi connectivity index (χ4v) is 5.23. The van der Waals surface area contributed by atoms with Crippen molar-refractivity contribution >= 4 is 37.4 Å². The molecule has 1 aliphatic rings. The van der Waals surface area contributed by atoms with Gasteiger partial charge in [-0.15, -0.1) is 0 Å². The van der Waals surface area contributed by atoms with Gasteiger partial charge in [0.15, 0.2) is 9.84 Å². The van der Waals surface area contributed by atoms with Crippen molar-refractivity contribution in [1.82, 2.24) is 10.0 Å². The largest absolute Gasteiger partial charge is 0.352 e. The molecule has 7 nitrogen and oxygen atoms in total. The fourth-order valence-electron chi connectivity index (χ4n) is 2.23. The summed E-state index contributed by atoms with van der Waals surface area (Å²) in [6.07, 6.45) is 0.318. The van der Waals surface area contributed by atoms with Crippen molar-refractivity contribution in [2.24, 2.45) is 0 Å². The number of sulfonamides is 1. The van der Waals surface area contributed by atoms with E-state index in [1.165, 1.54) is 18.2 Å². The Hall–Kier alpha value is -1.16. The summed E-state index contributed by atoms with van der Waals surface area (Å²) in [5, 5.41) is 2.89. The Morgan fingerprint density at radius 1 is 1.35 bits per heavy atom. The molecule has 1 atom stereocenters. The number of hydrogen-bond donors (Lipinski definition) is 2. The highest BCUT2D eigenvalue weighted by molar-refractivity contribution is 7.91. The van der Waals surface area contributed by atoms with Crippen LogP contribution in [0, 0.1) is 0 Å². The van der Waals surface area contributed by atoms with Crippen molar-refractivity contribution in [2.45, 2.75) is 23.8 Å². The molecule has 0 aromatic heterocycles. The van der Waals surface area contributed by atoms with Crippen LogP contribution in [0.2, 0.25) is 5.02 Å². The van der Waals surface area contributed by atoms with E-state index in [0.29, 0.717) is 11.4 Å². The molecule has 0 spiro atoms. The lowest BCUT2D eigenvalue weighted by Crippen LogP contribution is -2.37. The molecule has 128 valence electrons. The van der Waals surface area contributed by atoms with E-state index in [1.807, 2.05) is 0 Å². The molecule has 1 unspecified atom stereocenters. The highest BCUT2D eigenvalue weighted by Crippen LogP contribution is 2.15. The van der Waals surface area contributed by atoms with Crippen LogP contribution in [0.25, 0.3) is 0 Å². The molecule has 1 aliphatic heterocycles. The molecule has 0 saturated carbocycles. The van der Waals surface area contributed by atoms with Crippen LogP contribution in [0.5, 0.6) is 0 Å². The van der Waals surface area contributed by atoms with Gasteiger partial charge in [0.05, 0.1) is 16.4 Å². The van der Waals surface area contributed by atoms with E-state index in [9.17, 15) is 21.6 Å². The maximum atomic E-state index is 12.0. The third kappa shape index (κ3) is 5.45. The minimum Gasteiger partial charge on any atom is -0.352 e. The van der Waals surface area contributed by atoms with Crippen LogP contribution in [0.4, 0.5) is 0 Å². The minimum absolute atomic E-state index is 0.0206. The van der Waals surface area contributed by atoms with Gasteiger partial charge in [-0.2, -0.15) is 0 Å². The van der Waals surface area contributed by atoms with E-state index in [0.717, 1.165) is 0 Å². The number of carbonyl (C=O) groups excluding carboxylic acids is 1. The van der Waals surface area contributed by atoms with Crippen molar-refractivity contribution in [3.63, 3.8) is 0 Å². The Kier molecular flexibility index (Phi) is 5.66. The molecule has 10 heteroatoms.